The maximum absolute atomic E-state index is 11.5. The highest BCUT2D eigenvalue weighted by Crippen LogP contribution is 2.09. The summed E-state index contributed by atoms with van der Waals surface area (Å²) in [5.74, 6) is -0.165. The van der Waals surface area contributed by atoms with Crippen LogP contribution in [0.25, 0.3) is 0 Å². The van der Waals surface area contributed by atoms with Crippen LogP contribution in [-0.4, -0.2) is 15.5 Å². The summed E-state index contributed by atoms with van der Waals surface area (Å²) in [5, 5.41) is 14.3. The van der Waals surface area contributed by atoms with E-state index in [0.717, 1.165) is 0 Å². The van der Waals surface area contributed by atoms with Gasteiger partial charge in [0.15, 0.2) is 9.93 Å². The zero-order chi connectivity index (χ0) is 10.7. The summed E-state index contributed by atoms with van der Waals surface area (Å²) < 4.78 is 1.58. The van der Waals surface area contributed by atoms with E-state index in [4.69, 9.17) is 5.41 Å². The predicted octanol–water partition coefficient (Wildman–Crippen LogP) is 1.12. The first-order chi connectivity index (χ1) is 7.25. The lowest BCUT2D eigenvalue weighted by molar-refractivity contribution is -0.116. The van der Waals surface area contributed by atoms with Crippen molar-refractivity contribution in [1.29, 1.82) is 5.41 Å². The van der Waals surface area contributed by atoms with E-state index in [1.165, 1.54) is 22.7 Å². The Balaban J connectivity index is 1.99. The topological polar surface area (TPSA) is 70.8 Å². The largest absolute Gasteiger partial charge is 0.315 e. The van der Waals surface area contributed by atoms with Gasteiger partial charge in [-0.25, -0.2) is 4.98 Å². The van der Waals surface area contributed by atoms with E-state index in [0.29, 0.717) is 9.93 Å². The van der Waals surface area contributed by atoms with Crippen molar-refractivity contribution in [2.45, 2.75) is 6.54 Å². The average Bonchev–Trinajstić information content (AvgIpc) is 2.79. The van der Waals surface area contributed by atoms with Gasteiger partial charge in [-0.15, -0.1) is 22.7 Å². The number of nitrogens with one attached hydrogen (secondary N) is 2. The molecule has 2 N–H and O–H groups in total. The van der Waals surface area contributed by atoms with Gasteiger partial charge in [0.05, 0.1) is 0 Å². The molecule has 0 aliphatic rings. The Kier molecular flexibility index (Phi) is 2.93. The number of nitrogens with zero attached hydrogens (tertiary/aromatic N) is 2. The zero-order valence-corrected chi connectivity index (χ0v) is 9.27. The van der Waals surface area contributed by atoms with Gasteiger partial charge in [-0.2, -0.15) is 0 Å². The first-order valence-corrected chi connectivity index (χ1v) is 5.89. The van der Waals surface area contributed by atoms with Gasteiger partial charge in [0, 0.05) is 23.2 Å². The summed E-state index contributed by atoms with van der Waals surface area (Å²) in [6.45, 7) is 0.155. The van der Waals surface area contributed by atoms with Crippen molar-refractivity contribution >= 4 is 33.7 Å². The standard InChI is InChI=1S/C8H8N4OS2/c9-7-12(2-4-14-7)5-6(13)11-8-10-1-3-15-8/h1-4,9H,5H2,(H,10,11,13). The molecule has 0 unspecified atom stereocenters. The van der Waals surface area contributed by atoms with E-state index >= 15 is 0 Å². The Morgan fingerprint density at radius 3 is 3.00 bits per heavy atom. The van der Waals surface area contributed by atoms with Crippen LogP contribution in [0.15, 0.2) is 23.2 Å². The van der Waals surface area contributed by atoms with E-state index in [1.807, 2.05) is 0 Å². The Labute approximate surface area is 93.5 Å². The van der Waals surface area contributed by atoms with Crippen LogP contribution in [0.5, 0.6) is 0 Å². The SMILES string of the molecule is N=c1sccn1CC(=O)Nc1nccs1. The van der Waals surface area contributed by atoms with E-state index in [9.17, 15) is 4.79 Å². The van der Waals surface area contributed by atoms with Crippen molar-refractivity contribution < 1.29 is 4.79 Å². The van der Waals surface area contributed by atoms with Crippen LogP contribution < -0.4 is 10.1 Å². The van der Waals surface area contributed by atoms with Gasteiger partial charge >= 0.3 is 0 Å². The molecule has 78 valence electrons. The van der Waals surface area contributed by atoms with Gasteiger partial charge in [0.2, 0.25) is 5.91 Å². The molecule has 0 aromatic carbocycles. The van der Waals surface area contributed by atoms with Gasteiger partial charge in [-0.1, -0.05) is 0 Å². The number of thiazole rings is 2. The van der Waals surface area contributed by atoms with Crippen molar-refractivity contribution in [1.82, 2.24) is 9.55 Å². The Hall–Kier alpha value is -1.47. The van der Waals surface area contributed by atoms with E-state index in [-0.39, 0.29) is 12.5 Å². The lowest BCUT2D eigenvalue weighted by atomic mass is 10.6. The van der Waals surface area contributed by atoms with Gasteiger partial charge in [0.25, 0.3) is 0 Å². The van der Waals surface area contributed by atoms with Gasteiger partial charge in [-0.05, 0) is 0 Å². The fourth-order valence-corrected chi connectivity index (χ4v) is 2.17. The molecule has 0 bridgehead atoms. The van der Waals surface area contributed by atoms with Crippen molar-refractivity contribution in [2.24, 2.45) is 0 Å². The maximum Gasteiger partial charge on any atom is 0.246 e. The van der Waals surface area contributed by atoms with Crippen LogP contribution >= 0.6 is 22.7 Å². The van der Waals surface area contributed by atoms with Crippen molar-refractivity contribution in [3.05, 3.63) is 28.0 Å². The quantitative estimate of drug-likeness (QED) is 0.844. The maximum atomic E-state index is 11.5. The molecule has 1 amide bonds. The van der Waals surface area contributed by atoms with E-state index in [1.54, 1.807) is 27.7 Å². The molecule has 0 radical (unpaired) electrons. The molecule has 2 heterocycles. The molecular weight excluding hydrogens is 232 g/mol. The summed E-state index contributed by atoms with van der Waals surface area (Å²) in [4.78, 5) is 15.8. The molecule has 0 aliphatic carbocycles. The third kappa shape index (κ3) is 2.51. The molecule has 0 atom stereocenters. The molecule has 2 aromatic heterocycles. The van der Waals surface area contributed by atoms with Crippen LogP contribution in [0.3, 0.4) is 0 Å². The number of hydrogen-bond acceptors (Lipinski definition) is 5. The van der Waals surface area contributed by atoms with Crippen LogP contribution in [0.4, 0.5) is 5.13 Å². The highest BCUT2D eigenvalue weighted by atomic mass is 32.1. The third-order valence-electron chi connectivity index (χ3n) is 1.67. The number of aromatic nitrogens is 2. The molecule has 5 nitrogen and oxygen atoms in total. The minimum absolute atomic E-state index is 0.155. The number of carbonyl (C=O) groups excluding carboxylic acids is 1. The molecular formula is C8H8N4OS2. The lowest BCUT2D eigenvalue weighted by Gasteiger charge is -2.01. The average molecular weight is 240 g/mol. The summed E-state index contributed by atoms with van der Waals surface area (Å²) in [6.07, 6.45) is 3.35. The molecule has 0 aliphatic heterocycles. The number of rotatable bonds is 3. The molecule has 2 aromatic rings. The second-order valence-corrected chi connectivity index (χ2v) is 4.51. The molecule has 0 saturated heterocycles. The summed E-state index contributed by atoms with van der Waals surface area (Å²) >= 11 is 2.66. The monoisotopic (exact) mass is 240 g/mol. The summed E-state index contributed by atoms with van der Waals surface area (Å²) in [7, 11) is 0. The molecule has 7 heteroatoms. The molecule has 0 saturated carbocycles. The fraction of sp³-hybridized carbons (Fsp3) is 0.125. The minimum Gasteiger partial charge on any atom is -0.315 e. The van der Waals surface area contributed by atoms with Crippen LogP contribution in [0.2, 0.25) is 0 Å². The van der Waals surface area contributed by atoms with Crippen LogP contribution in [0, 0.1) is 5.41 Å². The van der Waals surface area contributed by atoms with E-state index < -0.39 is 0 Å². The predicted molar refractivity (Wildman–Crippen MR) is 58.9 cm³/mol. The number of anilines is 1. The van der Waals surface area contributed by atoms with Crippen molar-refractivity contribution in [2.75, 3.05) is 5.32 Å². The molecule has 0 spiro atoms. The Morgan fingerprint density at radius 1 is 1.53 bits per heavy atom. The molecule has 0 fully saturated rings. The van der Waals surface area contributed by atoms with Crippen molar-refractivity contribution in [3.8, 4) is 0 Å². The summed E-state index contributed by atoms with van der Waals surface area (Å²) in [6, 6.07) is 0. The minimum atomic E-state index is -0.165. The number of amides is 1. The smallest absolute Gasteiger partial charge is 0.246 e. The first-order valence-electron chi connectivity index (χ1n) is 4.13. The fourth-order valence-electron chi connectivity index (χ4n) is 1.03. The van der Waals surface area contributed by atoms with Crippen LogP contribution in [0.1, 0.15) is 0 Å². The van der Waals surface area contributed by atoms with Crippen LogP contribution in [-0.2, 0) is 11.3 Å². The van der Waals surface area contributed by atoms with Gasteiger partial charge in [-0.3, -0.25) is 10.2 Å². The van der Waals surface area contributed by atoms with Crippen molar-refractivity contribution in [3.63, 3.8) is 0 Å². The Bertz CT molecular complexity index is 499. The van der Waals surface area contributed by atoms with Gasteiger partial charge < -0.3 is 9.88 Å². The number of carbonyl (C=O) groups is 1. The molecule has 2 rings (SSSR count). The normalized spacial score (nSPS) is 10.1. The van der Waals surface area contributed by atoms with E-state index in [2.05, 4.69) is 10.3 Å². The first kappa shape index (κ1) is 10.1. The third-order valence-corrected chi connectivity index (χ3v) is 3.08. The number of hydrogen-bond donors (Lipinski definition) is 2. The second kappa shape index (κ2) is 4.37. The molecule has 15 heavy (non-hydrogen) atoms. The summed E-state index contributed by atoms with van der Waals surface area (Å²) in [5.41, 5.74) is 0. The Morgan fingerprint density at radius 2 is 2.40 bits per heavy atom. The lowest BCUT2D eigenvalue weighted by Crippen LogP contribution is -2.23. The van der Waals surface area contributed by atoms with Gasteiger partial charge in [0.1, 0.15) is 6.54 Å². The highest BCUT2D eigenvalue weighted by molar-refractivity contribution is 7.13. The zero-order valence-electron chi connectivity index (χ0n) is 7.64. The second-order valence-electron chi connectivity index (χ2n) is 2.72. The highest BCUT2D eigenvalue weighted by Gasteiger charge is 2.05.